The summed E-state index contributed by atoms with van der Waals surface area (Å²) < 4.78 is 17.0. The van der Waals surface area contributed by atoms with Crippen LogP contribution in [0, 0.1) is 29.6 Å². The molecule has 232 valence electrons. The lowest BCUT2D eigenvalue weighted by Gasteiger charge is -2.33. The summed E-state index contributed by atoms with van der Waals surface area (Å²) in [6, 6.07) is 0. The van der Waals surface area contributed by atoms with Gasteiger partial charge in [-0.25, -0.2) is 4.79 Å². The van der Waals surface area contributed by atoms with Gasteiger partial charge in [-0.1, -0.05) is 76.1 Å². The fourth-order valence-electron chi connectivity index (χ4n) is 4.87. The molecule has 8 heteroatoms. The molecule has 1 aliphatic rings. The zero-order valence-electron chi connectivity index (χ0n) is 26.4. The molecule has 10 unspecified atom stereocenters. The maximum Gasteiger partial charge on any atom is 0.373 e. The number of ether oxygens (including phenoxy) is 3. The summed E-state index contributed by atoms with van der Waals surface area (Å²) in [6.45, 7) is 14.5. The van der Waals surface area contributed by atoms with Crippen LogP contribution in [0.4, 0.5) is 0 Å². The van der Waals surface area contributed by atoms with Crippen LogP contribution in [0.5, 0.6) is 0 Å². The van der Waals surface area contributed by atoms with E-state index >= 15 is 0 Å². The Morgan fingerprint density at radius 2 is 1.76 bits per heavy atom. The lowest BCUT2D eigenvalue weighted by atomic mass is 9.84. The van der Waals surface area contributed by atoms with Gasteiger partial charge in [-0.05, 0) is 45.3 Å². The van der Waals surface area contributed by atoms with E-state index in [1.165, 1.54) is 20.3 Å². The molecule has 0 fully saturated rings. The van der Waals surface area contributed by atoms with Crippen molar-refractivity contribution in [2.75, 3.05) is 14.2 Å². The normalized spacial score (nSPS) is 33.5. The molecule has 3 N–H and O–H groups in total. The van der Waals surface area contributed by atoms with Crippen LogP contribution in [0.15, 0.2) is 59.4 Å². The number of aliphatic hydroxyl groups is 3. The highest BCUT2D eigenvalue weighted by molar-refractivity contribution is 5.92. The van der Waals surface area contributed by atoms with E-state index in [0.717, 1.165) is 11.1 Å². The zero-order valence-corrected chi connectivity index (χ0v) is 26.4. The highest BCUT2D eigenvalue weighted by Crippen LogP contribution is 2.27. The number of aliphatic hydroxyl groups excluding tert-OH is 3. The van der Waals surface area contributed by atoms with E-state index in [9.17, 15) is 24.9 Å². The van der Waals surface area contributed by atoms with Crippen molar-refractivity contribution in [1.82, 2.24) is 0 Å². The van der Waals surface area contributed by atoms with E-state index in [0.29, 0.717) is 6.42 Å². The number of allylic oxidation sites excluding steroid dienone is 6. The number of hydrogen-bond donors (Lipinski definition) is 3. The first kappa shape index (κ1) is 36.5. The number of hydrogen-bond acceptors (Lipinski definition) is 8. The van der Waals surface area contributed by atoms with Gasteiger partial charge in [-0.3, -0.25) is 4.79 Å². The Hall–Kier alpha value is -2.52. The third-order valence-electron chi connectivity index (χ3n) is 7.93. The van der Waals surface area contributed by atoms with Gasteiger partial charge >= 0.3 is 5.97 Å². The smallest absolute Gasteiger partial charge is 0.373 e. The lowest BCUT2D eigenvalue weighted by molar-refractivity contribution is -0.162. The molecule has 41 heavy (non-hydrogen) atoms. The van der Waals surface area contributed by atoms with Crippen LogP contribution in [0.1, 0.15) is 61.8 Å². The molecule has 1 rings (SSSR count). The van der Waals surface area contributed by atoms with Crippen molar-refractivity contribution in [3.63, 3.8) is 0 Å². The van der Waals surface area contributed by atoms with Gasteiger partial charge in [0.05, 0.1) is 25.4 Å². The fourth-order valence-corrected chi connectivity index (χ4v) is 4.87. The summed E-state index contributed by atoms with van der Waals surface area (Å²) in [5.74, 6) is -2.98. The van der Waals surface area contributed by atoms with Crippen molar-refractivity contribution >= 4 is 11.8 Å². The van der Waals surface area contributed by atoms with Gasteiger partial charge < -0.3 is 29.5 Å². The average molecular weight is 577 g/mol. The number of methoxy groups -OCH3 is 2. The molecular formula is C33H52O8. The molecule has 0 spiro atoms. The van der Waals surface area contributed by atoms with E-state index in [-0.39, 0.29) is 29.3 Å². The minimum Gasteiger partial charge on any atom is -0.490 e. The molecule has 0 aromatic carbocycles. The van der Waals surface area contributed by atoms with Crippen LogP contribution in [-0.4, -0.2) is 71.8 Å². The Balaban J connectivity index is 3.49. The van der Waals surface area contributed by atoms with Crippen molar-refractivity contribution in [3.05, 3.63) is 59.4 Å². The van der Waals surface area contributed by atoms with Gasteiger partial charge in [0.15, 0.2) is 5.78 Å². The van der Waals surface area contributed by atoms with Crippen LogP contribution < -0.4 is 0 Å². The number of esters is 1. The summed E-state index contributed by atoms with van der Waals surface area (Å²) in [6.07, 6.45) is 8.56. The highest BCUT2D eigenvalue weighted by Gasteiger charge is 2.38. The predicted molar refractivity (Wildman–Crippen MR) is 161 cm³/mol. The summed E-state index contributed by atoms with van der Waals surface area (Å²) in [4.78, 5) is 26.2. The van der Waals surface area contributed by atoms with Crippen LogP contribution in [0.25, 0.3) is 0 Å². The molecule has 0 amide bonds. The Morgan fingerprint density at radius 1 is 1.12 bits per heavy atom. The highest BCUT2D eigenvalue weighted by atomic mass is 16.6. The topological polar surface area (TPSA) is 123 Å². The number of carbonyl (C=O) groups is 2. The third-order valence-corrected chi connectivity index (χ3v) is 7.93. The third kappa shape index (κ3) is 11.3. The molecule has 10 atom stereocenters. The maximum absolute atomic E-state index is 13.3. The number of carbonyl (C=O) groups excluding carboxylic acids is 2. The van der Waals surface area contributed by atoms with Gasteiger partial charge in [0, 0.05) is 30.8 Å². The predicted octanol–water partition coefficient (Wildman–Crippen LogP) is 4.70. The molecule has 0 saturated carbocycles. The Morgan fingerprint density at radius 3 is 2.32 bits per heavy atom. The Labute approximate surface area is 246 Å². The maximum atomic E-state index is 13.3. The van der Waals surface area contributed by atoms with Crippen LogP contribution in [0.2, 0.25) is 0 Å². The minimum absolute atomic E-state index is 0.000220. The molecule has 0 saturated heterocycles. The Bertz CT molecular complexity index is 1000. The van der Waals surface area contributed by atoms with Crippen molar-refractivity contribution in [1.29, 1.82) is 0 Å². The van der Waals surface area contributed by atoms with E-state index in [1.807, 2.05) is 45.9 Å². The summed E-state index contributed by atoms with van der Waals surface area (Å²) in [7, 11) is 2.85. The molecule has 8 nitrogen and oxygen atoms in total. The Kier molecular flexibility index (Phi) is 15.5. The van der Waals surface area contributed by atoms with E-state index < -0.39 is 48.3 Å². The van der Waals surface area contributed by atoms with Crippen LogP contribution in [0.3, 0.4) is 0 Å². The average Bonchev–Trinajstić information content (AvgIpc) is 2.92. The van der Waals surface area contributed by atoms with E-state index in [2.05, 4.69) is 0 Å². The van der Waals surface area contributed by atoms with Gasteiger partial charge in [0.25, 0.3) is 0 Å². The lowest BCUT2D eigenvalue weighted by Crippen LogP contribution is -2.45. The molecule has 1 heterocycles. The molecule has 0 aliphatic carbocycles. The van der Waals surface area contributed by atoms with Crippen LogP contribution >= 0.6 is 0 Å². The van der Waals surface area contributed by atoms with E-state index in [1.54, 1.807) is 45.9 Å². The number of rotatable bonds is 9. The van der Waals surface area contributed by atoms with E-state index in [4.69, 9.17) is 14.2 Å². The first-order valence-corrected chi connectivity index (χ1v) is 14.4. The fraction of sp³-hybridized carbons (Fsp3) is 0.636. The van der Waals surface area contributed by atoms with Crippen molar-refractivity contribution < 1.29 is 39.1 Å². The first-order valence-electron chi connectivity index (χ1n) is 14.4. The summed E-state index contributed by atoms with van der Waals surface area (Å²) in [5, 5.41) is 31.8. The number of cyclic esters (lactones) is 1. The molecule has 1 aliphatic heterocycles. The zero-order chi connectivity index (χ0) is 31.4. The molecule has 0 radical (unpaired) electrons. The quantitative estimate of drug-likeness (QED) is 0.267. The van der Waals surface area contributed by atoms with Gasteiger partial charge in [-0.15, -0.1) is 0 Å². The summed E-state index contributed by atoms with van der Waals surface area (Å²) >= 11 is 0. The standard InChI is InChI=1S/C33H52O8/c1-19-12-11-13-28(39-9)32(25(7)31(37)24(6)27(35)15-14-21(3)26(8)34)41-33(38)29(40-10)18-20(2)17-23(5)30(36)22(4)16-19/h11-15,17-18,21-26,28,30-32,34,36-37H,16H2,1-10H3/b13-11+,15-14+,19-12+,20-17+,29-18+. The van der Waals surface area contributed by atoms with Crippen LogP contribution in [-0.2, 0) is 23.8 Å². The van der Waals surface area contributed by atoms with Crippen molar-refractivity contribution in [2.45, 2.75) is 92.3 Å². The van der Waals surface area contributed by atoms with Gasteiger partial charge in [-0.2, -0.15) is 0 Å². The second kappa shape index (κ2) is 17.4. The SMILES string of the molecule is CO/C1=C/C(C)=C/C(C)C(O)C(C)C/C(C)=C/C=C/C(OC)C(C(C)C(O)C(C)C(=O)/C=C/C(C)C(C)O)OC1=O. The van der Waals surface area contributed by atoms with Gasteiger partial charge in [0.1, 0.15) is 12.2 Å². The monoisotopic (exact) mass is 576 g/mol. The largest absolute Gasteiger partial charge is 0.490 e. The molecule has 0 aromatic rings. The number of ketones is 1. The van der Waals surface area contributed by atoms with Crippen molar-refractivity contribution in [3.8, 4) is 0 Å². The molecular weight excluding hydrogens is 524 g/mol. The minimum atomic E-state index is -1.17. The summed E-state index contributed by atoms with van der Waals surface area (Å²) in [5.41, 5.74) is 1.78. The van der Waals surface area contributed by atoms with Gasteiger partial charge in [0.2, 0.25) is 5.76 Å². The molecule has 0 aromatic heterocycles. The molecule has 0 bridgehead atoms. The second-order valence-electron chi connectivity index (χ2n) is 11.6. The van der Waals surface area contributed by atoms with Crippen molar-refractivity contribution in [2.24, 2.45) is 29.6 Å². The second-order valence-corrected chi connectivity index (χ2v) is 11.6. The first-order chi connectivity index (χ1) is 19.1.